The summed E-state index contributed by atoms with van der Waals surface area (Å²) in [7, 11) is 0. The van der Waals surface area contributed by atoms with Gasteiger partial charge >= 0.3 is 5.97 Å². The molecule has 0 aliphatic carbocycles. The number of fused-ring (bicyclic) bond motifs is 1. The number of aliphatic carboxylic acids is 1. The van der Waals surface area contributed by atoms with Crippen LogP contribution in [-0.4, -0.2) is 38.0 Å². The number of carbonyl (C=O) groups is 1. The molecule has 0 amide bonds. The first-order valence-corrected chi connectivity index (χ1v) is 20.4. The molecule has 53 heavy (non-hydrogen) atoms. The molecule has 3 heterocycles. The van der Waals surface area contributed by atoms with Crippen LogP contribution < -0.4 is 9.47 Å². The van der Waals surface area contributed by atoms with Crippen molar-refractivity contribution in [2.75, 3.05) is 12.4 Å². The maximum absolute atomic E-state index is 12.6. The van der Waals surface area contributed by atoms with Gasteiger partial charge in [0.1, 0.15) is 12.4 Å². The number of hydrogen-bond donors (Lipinski definition) is 1. The third kappa shape index (κ3) is 11.1. The zero-order chi connectivity index (χ0) is 37.6. The molecule has 0 aliphatic heterocycles. The van der Waals surface area contributed by atoms with Crippen molar-refractivity contribution in [3.8, 4) is 22.8 Å². The Hall–Kier alpha value is -4.30. The summed E-state index contributed by atoms with van der Waals surface area (Å²) in [5.74, 6) is 2.36. The van der Waals surface area contributed by atoms with E-state index in [-0.39, 0.29) is 0 Å². The minimum absolute atomic E-state index is 0.377. The smallest absolute Gasteiger partial charge is 0.309 e. The number of aromatic nitrogens is 3. The lowest BCUT2D eigenvalue weighted by molar-refractivity contribution is -0.146. The SMILES string of the molecule is CCCCC(CCCC)CCCSc1c(CC(C)(C)C(=O)O)n(Cc2ccc(-c3ccc(OCC)nc3)cc2)c2ccc(OCc3ccccn3)cc12. The number of benzene rings is 2. The predicted molar refractivity (Wildman–Crippen MR) is 218 cm³/mol. The van der Waals surface area contributed by atoms with Crippen LogP contribution in [0.2, 0.25) is 0 Å². The molecular formula is C45H57N3O4S. The first kappa shape index (κ1) is 39.9. The summed E-state index contributed by atoms with van der Waals surface area (Å²) in [5.41, 5.74) is 5.31. The number of pyridine rings is 2. The van der Waals surface area contributed by atoms with Gasteiger partial charge in [-0.3, -0.25) is 9.78 Å². The number of thioether (sulfide) groups is 1. The highest BCUT2D eigenvalue weighted by molar-refractivity contribution is 7.99. The van der Waals surface area contributed by atoms with E-state index in [0.29, 0.717) is 32.1 Å². The Bertz CT molecular complexity index is 1860. The maximum atomic E-state index is 12.6. The first-order valence-electron chi connectivity index (χ1n) is 19.4. The van der Waals surface area contributed by atoms with E-state index >= 15 is 0 Å². The molecule has 282 valence electrons. The molecule has 0 saturated heterocycles. The number of hydrogen-bond acceptors (Lipinski definition) is 6. The monoisotopic (exact) mass is 735 g/mol. The molecule has 2 aromatic carbocycles. The zero-order valence-electron chi connectivity index (χ0n) is 32.3. The molecular weight excluding hydrogens is 679 g/mol. The van der Waals surface area contributed by atoms with Crippen LogP contribution in [0, 0.1) is 11.3 Å². The van der Waals surface area contributed by atoms with Gasteiger partial charge in [-0.2, -0.15) is 0 Å². The molecule has 3 aromatic heterocycles. The van der Waals surface area contributed by atoms with Gasteiger partial charge in [0.25, 0.3) is 0 Å². The molecule has 7 nitrogen and oxygen atoms in total. The summed E-state index contributed by atoms with van der Waals surface area (Å²) in [6.07, 6.45) is 14.1. The second-order valence-electron chi connectivity index (χ2n) is 14.7. The fraction of sp³-hybridized carbons (Fsp3) is 0.444. The number of unbranched alkanes of at least 4 members (excludes halogenated alkanes) is 2. The van der Waals surface area contributed by atoms with Gasteiger partial charge in [0.05, 0.1) is 17.7 Å². The molecule has 1 N–H and O–H groups in total. The summed E-state index contributed by atoms with van der Waals surface area (Å²) in [4.78, 5) is 22.6. The quantitative estimate of drug-likeness (QED) is 0.0559. The Kier molecular flexibility index (Phi) is 14.8. The van der Waals surface area contributed by atoms with Crippen LogP contribution in [0.1, 0.15) is 103 Å². The van der Waals surface area contributed by atoms with Gasteiger partial charge in [-0.1, -0.05) is 82.7 Å². The Labute approximate surface area is 320 Å². The third-order valence-electron chi connectivity index (χ3n) is 9.98. The van der Waals surface area contributed by atoms with Crippen LogP contribution in [0.4, 0.5) is 0 Å². The lowest BCUT2D eigenvalue weighted by Crippen LogP contribution is -2.27. The maximum Gasteiger partial charge on any atom is 0.309 e. The summed E-state index contributed by atoms with van der Waals surface area (Å²) in [5, 5.41) is 11.4. The highest BCUT2D eigenvalue weighted by Crippen LogP contribution is 2.41. The lowest BCUT2D eigenvalue weighted by Gasteiger charge is -2.22. The van der Waals surface area contributed by atoms with Gasteiger partial charge < -0.3 is 19.1 Å². The average molecular weight is 736 g/mol. The molecule has 0 bridgehead atoms. The highest BCUT2D eigenvalue weighted by Gasteiger charge is 2.32. The number of carboxylic acids is 1. The van der Waals surface area contributed by atoms with Crippen LogP contribution in [0.15, 0.2) is 90.1 Å². The third-order valence-corrected chi connectivity index (χ3v) is 11.2. The van der Waals surface area contributed by atoms with E-state index in [1.807, 2.05) is 75.1 Å². The number of carboxylic acid groups (broad SMARTS) is 1. The molecule has 0 fully saturated rings. The average Bonchev–Trinajstić information content (AvgIpc) is 3.44. The summed E-state index contributed by atoms with van der Waals surface area (Å²) in [6, 6.07) is 24.7. The molecule has 5 aromatic rings. The Balaban J connectivity index is 1.49. The fourth-order valence-electron chi connectivity index (χ4n) is 6.83. The van der Waals surface area contributed by atoms with Crippen LogP contribution in [0.3, 0.4) is 0 Å². The molecule has 0 unspecified atom stereocenters. The predicted octanol–water partition coefficient (Wildman–Crippen LogP) is 11.6. The van der Waals surface area contributed by atoms with E-state index in [0.717, 1.165) is 67.7 Å². The normalized spacial score (nSPS) is 11.7. The van der Waals surface area contributed by atoms with E-state index in [9.17, 15) is 9.90 Å². The van der Waals surface area contributed by atoms with Crippen molar-refractivity contribution in [2.45, 2.75) is 110 Å². The minimum Gasteiger partial charge on any atom is -0.487 e. The van der Waals surface area contributed by atoms with Crippen LogP contribution in [0.5, 0.6) is 11.6 Å². The van der Waals surface area contributed by atoms with E-state index in [4.69, 9.17) is 9.47 Å². The lowest BCUT2D eigenvalue weighted by atomic mass is 9.88. The van der Waals surface area contributed by atoms with Crippen molar-refractivity contribution in [3.05, 3.63) is 102 Å². The number of nitrogens with zero attached hydrogens (tertiary/aromatic N) is 3. The van der Waals surface area contributed by atoms with Crippen molar-refractivity contribution in [2.24, 2.45) is 11.3 Å². The second kappa shape index (κ2) is 19.7. The Morgan fingerprint density at radius 1 is 0.868 bits per heavy atom. The summed E-state index contributed by atoms with van der Waals surface area (Å²) < 4.78 is 14.1. The molecule has 0 spiro atoms. The molecule has 0 radical (unpaired) electrons. The van der Waals surface area contributed by atoms with Crippen LogP contribution >= 0.6 is 11.8 Å². The molecule has 5 rings (SSSR count). The van der Waals surface area contributed by atoms with Crippen molar-refractivity contribution >= 4 is 28.6 Å². The summed E-state index contributed by atoms with van der Waals surface area (Å²) >= 11 is 1.88. The van der Waals surface area contributed by atoms with Gasteiger partial charge in [-0.05, 0) is 92.8 Å². The van der Waals surface area contributed by atoms with E-state index in [1.165, 1.54) is 44.9 Å². The molecule has 0 atom stereocenters. The fourth-order valence-corrected chi connectivity index (χ4v) is 8.02. The molecule has 8 heteroatoms. The van der Waals surface area contributed by atoms with Crippen LogP contribution in [0.25, 0.3) is 22.0 Å². The minimum atomic E-state index is -0.949. The van der Waals surface area contributed by atoms with Crippen molar-refractivity contribution < 1.29 is 19.4 Å². The van der Waals surface area contributed by atoms with Gasteiger partial charge in [0.2, 0.25) is 5.88 Å². The standard InChI is InChI=1S/C45H57N3O4S/c1-6-9-14-33(15-10-7-2)16-13-27-53-43-39-28-38(52-32-37-17-11-12-26-46-37)23-24-40(39)48(41(43)29-45(4,5)44(49)50)31-34-18-20-35(21-19-34)36-22-25-42(47-30-36)51-8-3/h11-12,17-26,28,30,33H,6-10,13-16,27,29,31-32H2,1-5H3,(H,49,50). The molecule has 0 saturated carbocycles. The zero-order valence-corrected chi connectivity index (χ0v) is 33.1. The Morgan fingerprint density at radius 3 is 2.25 bits per heavy atom. The van der Waals surface area contributed by atoms with Crippen molar-refractivity contribution in [1.29, 1.82) is 0 Å². The van der Waals surface area contributed by atoms with E-state index in [1.54, 1.807) is 6.20 Å². The van der Waals surface area contributed by atoms with E-state index < -0.39 is 11.4 Å². The largest absolute Gasteiger partial charge is 0.487 e. The van der Waals surface area contributed by atoms with Crippen LogP contribution in [-0.2, 0) is 24.4 Å². The number of rotatable bonds is 22. The first-order chi connectivity index (χ1) is 25.7. The van der Waals surface area contributed by atoms with Gasteiger partial charge in [0.15, 0.2) is 0 Å². The number of ether oxygens (including phenoxy) is 2. The van der Waals surface area contributed by atoms with Crippen molar-refractivity contribution in [3.63, 3.8) is 0 Å². The second-order valence-corrected chi connectivity index (χ2v) is 15.8. The topological polar surface area (TPSA) is 86.5 Å². The van der Waals surface area contributed by atoms with E-state index in [2.05, 4.69) is 64.8 Å². The van der Waals surface area contributed by atoms with Gasteiger partial charge in [-0.25, -0.2) is 4.98 Å². The highest BCUT2D eigenvalue weighted by atomic mass is 32.2. The Morgan fingerprint density at radius 2 is 1.60 bits per heavy atom. The summed E-state index contributed by atoms with van der Waals surface area (Å²) in [6.45, 7) is 11.8. The van der Waals surface area contributed by atoms with Crippen molar-refractivity contribution in [1.82, 2.24) is 14.5 Å². The van der Waals surface area contributed by atoms with Gasteiger partial charge in [0, 0.05) is 58.5 Å². The van der Waals surface area contributed by atoms with Gasteiger partial charge in [-0.15, -0.1) is 11.8 Å². The molecule has 0 aliphatic rings.